The number of benzene rings is 2. The van der Waals surface area contributed by atoms with Crippen molar-refractivity contribution in [1.29, 1.82) is 0 Å². The second-order valence-corrected chi connectivity index (χ2v) is 10.3. The van der Waals surface area contributed by atoms with Gasteiger partial charge in [0, 0.05) is 31.0 Å². The molecule has 10 heteroatoms. The van der Waals surface area contributed by atoms with Gasteiger partial charge in [0.25, 0.3) is 0 Å². The first-order chi connectivity index (χ1) is 16.0. The minimum Gasteiger partial charge on any atom is -0.497 e. The molecule has 0 atom stereocenters. The zero-order valence-electron chi connectivity index (χ0n) is 18.4. The highest BCUT2D eigenvalue weighted by Crippen LogP contribution is 2.29. The van der Waals surface area contributed by atoms with Gasteiger partial charge in [-0.3, -0.25) is 4.57 Å². The molecule has 3 aromatic rings. The number of rotatable bonds is 9. The highest BCUT2D eigenvalue weighted by Gasteiger charge is 2.27. The van der Waals surface area contributed by atoms with Crippen LogP contribution in [0, 0.1) is 0 Å². The van der Waals surface area contributed by atoms with Crippen LogP contribution in [-0.4, -0.2) is 60.9 Å². The lowest BCUT2D eigenvalue weighted by Crippen LogP contribution is -2.40. The topological polar surface area (TPSA) is 86.5 Å². The van der Waals surface area contributed by atoms with Crippen LogP contribution >= 0.6 is 11.8 Å². The smallest absolute Gasteiger partial charge is 0.243 e. The third-order valence-electron chi connectivity index (χ3n) is 5.23. The Balaban J connectivity index is 1.60. The number of nitrogens with zero attached hydrogens (tertiary/aromatic N) is 4. The summed E-state index contributed by atoms with van der Waals surface area (Å²) in [4.78, 5) is 0.237. The largest absolute Gasteiger partial charge is 0.497 e. The van der Waals surface area contributed by atoms with Crippen molar-refractivity contribution < 1.29 is 17.9 Å². The van der Waals surface area contributed by atoms with E-state index in [9.17, 15) is 8.42 Å². The molecule has 1 saturated heterocycles. The average molecular weight is 487 g/mol. The van der Waals surface area contributed by atoms with Crippen LogP contribution in [0.5, 0.6) is 5.75 Å². The molecule has 1 aliphatic rings. The lowest BCUT2D eigenvalue weighted by Gasteiger charge is -2.26. The molecule has 33 heavy (non-hydrogen) atoms. The second-order valence-electron chi connectivity index (χ2n) is 7.39. The molecule has 0 bridgehead atoms. The Hall–Kier alpha value is -2.66. The molecule has 0 unspecified atom stereocenters. The van der Waals surface area contributed by atoms with Gasteiger partial charge in [-0.25, -0.2) is 8.42 Å². The van der Waals surface area contributed by atoms with E-state index in [2.05, 4.69) is 16.8 Å². The zero-order chi connectivity index (χ0) is 23.3. The molecule has 0 spiro atoms. The highest BCUT2D eigenvalue weighted by atomic mass is 32.2. The van der Waals surface area contributed by atoms with Gasteiger partial charge >= 0.3 is 0 Å². The Bertz CT molecular complexity index is 1220. The van der Waals surface area contributed by atoms with Crippen LogP contribution in [0.1, 0.15) is 5.56 Å². The van der Waals surface area contributed by atoms with Crippen LogP contribution in [0.3, 0.4) is 0 Å². The number of allylic oxidation sites excluding steroid dienone is 1. The zero-order valence-corrected chi connectivity index (χ0v) is 20.0. The Morgan fingerprint density at radius 3 is 2.70 bits per heavy atom. The van der Waals surface area contributed by atoms with Crippen molar-refractivity contribution >= 4 is 21.8 Å². The fourth-order valence-corrected chi connectivity index (χ4v) is 5.89. The van der Waals surface area contributed by atoms with Crippen molar-refractivity contribution in [2.75, 3.05) is 33.4 Å². The summed E-state index contributed by atoms with van der Waals surface area (Å²) < 4.78 is 40.2. The van der Waals surface area contributed by atoms with E-state index in [0.717, 1.165) is 16.5 Å². The lowest BCUT2D eigenvalue weighted by molar-refractivity contribution is 0.0730. The van der Waals surface area contributed by atoms with Gasteiger partial charge in [-0.05, 0) is 29.8 Å². The predicted octanol–water partition coefficient (Wildman–Crippen LogP) is 3.45. The number of ether oxygens (including phenoxy) is 2. The fourth-order valence-electron chi connectivity index (χ4n) is 3.54. The summed E-state index contributed by atoms with van der Waals surface area (Å²) in [5.41, 5.74) is 1.79. The molecule has 8 nitrogen and oxygen atoms in total. The number of hydrogen-bond acceptors (Lipinski definition) is 7. The number of thioether (sulfide) groups is 1. The Labute approximate surface area is 198 Å². The van der Waals surface area contributed by atoms with Gasteiger partial charge in [-0.1, -0.05) is 42.1 Å². The molecule has 0 radical (unpaired) electrons. The van der Waals surface area contributed by atoms with Crippen molar-refractivity contribution in [3.8, 4) is 17.1 Å². The average Bonchev–Trinajstić information content (AvgIpc) is 3.26. The van der Waals surface area contributed by atoms with Crippen LogP contribution in [0.25, 0.3) is 11.4 Å². The SMILES string of the molecule is C=CCn1c(SCc2cccc(OC)c2)nnc1-c1cccc(S(=O)(=O)N2CCOCC2)c1. The number of hydrogen-bond donors (Lipinski definition) is 0. The molecule has 1 aliphatic heterocycles. The van der Waals surface area contributed by atoms with Gasteiger partial charge in [0.05, 0.1) is 25.2 Å². The highest BCUT2D eigenvalue weighted by molar-refractivity contribution is 7.98. The van der Waals surface area contributed by atoms with E-state index in [1.807, 2.05) is 34.9 Å². The third-order valence-corrected chi connectivity index (χ3v) is 8.16. The molecule has 1 fully saturated rings. The van der Waals surface area contributed by atoms with E-state index in [4.69, 9.17) is 9.47 Å². The third kappa shape index (κ3) is 5.30. The van der Waals surface area contributed by atoms with E-state index in [0.29, 0.717) is 50.0 Å². The van der Waals surface area contributed by atoms with Gasteiger partial charge in [-0.15, -0.1) is 16.8 Å². The molecule has 4 rings (SSSR count). The molecule has 174 valence electrons. The molecular weight excluding hydrogens is 460 g/mol. The Morgan fingerprint density at radius 1 is 1.15 bits per heavy atom. The molecule has 0 amide bonds. The van der Waals surface area contributed by atoms with E-state index in [1.54, 1.807) is 43.1 Å². The van der Waals surface area contributed by atoms with Crippen LogP contribution in [0.2, 0.25) is 0 Å². The molecule has 2 aromatic carbocycles. The Morgan fingerprint density at radius 2 is 1.94 bits per heavy atom. The standard InChI is InChI=1S/C23H26N4O4S2/c1-3-10-27-22(24-25-23(27)32-17-18-6-4-8-20(15-18)30-2)19-7-5-9-21(16-19)33(28,29)26-11-13-31-14-12-26/h3-9,15-16H,1,10-14,17H2,2H3. The number of aromatic nitrogens is 3. The van der Waals surface area contributed by atoms with Crippen molar-refractivity contribution in [2.24, 2.45) is 0 Å². The van der Waals surface area contributed by atoms with Gasteiger partial charge < -0.3 is 9.47 Å². The quantitative estimate of drug-likeness (QED) is 0.338. The molecule has 0 saturated carbocycles. The normalized spacial score (nSPS) is 14.8. The van der Waals surface area contributed by atoms with E-state index < -0.39 is 10.0 Å². The lowest BCUT2D eigenvalue weighted by atomic mass is 10.2. The van der Waals surface area contributed by atoms with Gasteiger partial charge in [0.1, 0.15) is 5.75 Å². The fraction of sp³-hybridized carbons (Fsp3) is 0.304. The molecule has 1 aromatic heterocycles. The minimum absolute atomic E-state index is 0.237. The van der Waals surface area contributed by atoms with Crippen LogP contribution < -0.4 is 4.74 Å². The van der Waals surface area contributed by atoms with Gasteiger partial charge in [0.15, 0.2) is 11.0 Å². The van der Waals surface area contributed by atoms with E-state index in [-0.39, 0.29) is 4.90 Å². The predicted molar refractivity (Wildman–Crippen MR) is 128 cm³/mol. The van der Waals surface area contributed by atoms with Gasteiger partial charge in [0.2, 0.25) is 10.0 Å². The summed E-state index contributed by atoms with van der Waals surface area (Å²) in [5.74, 6) is 2.10. The van der Waals surface area contributed by atoms with Crippen molar-refractivity contribution in [2.45, 2.75) is 22.3 Å². The van der Waals surface area contributed by atoms with Crippen LogP contribution in [0.4, 0.5) is 0 Å². The summed E-state index contributed by atoms with van der Waals surface area (Å²) in [6, 6.07) is 14.7. The van der Waals surface area contributed by atoms with Crippen LogP contribution in [-0.2, 0) is 27.1 Å². The van der Waals surface area contributed by atoms with Crippen molar-refractivity contribution in [3.63, 3.8) is 0 Å². The number of sulfonamides is 1. The molecule has 2 heterocycles. The summed E-state index contributed by atoms with van der Waals surface area (Å²) in [7, 11) is -1.96. The molecular formula is C23H26N4O4S2. The summed E-state index contributed by atoms with van der Waals surface area (Å²) >= 11 is 1.55. The maximum Gasteiger partial charge on any atom is 0.243 e. The number of methoxy groups -OCH3 is 1. The first-order valence-electron chi connectivity index (χ1n) is 10.5. The summed E-state index contributed by atoms with van der Waals surface area (Å²) in [5, 5.41) is 9.48. The van der Waals surface area contributed by atoms with Gasteiger partial charge in [-0.2, -0.15) is 4.31 Å². The van der Waals surface area contributed by atoms with E-state index >= 15 is 0 Å². The molecule has 0 N–H and O–H groups in total. The van der Waals surface area contributed by atoms with Crippen LogP contribution in [0.15, 0.2) is 71.2 Å². The Kier molecular flexibility index (Phi) is 7.49. The molecule has 0 aliphatic carbocycles. The summed E-state index contributed by atoms with van der Waals surface area (Å²) in [6.07, 6.45) is 1.77. The maximum absolute atomic E-state index is 13.1. The monoisotopic (exact) mass is 486 g/mol. The summed E-state index contributed by atoms with van der Waals surface area (Å²) in [6.45, 7) is 5.87. The van der Waals surface area contributed by atoms with Crippen molar-refractivity contribution in [3.05, 3.63) is 66.7 Å². The first kappa shape index (κ1) is 23.5. The number of morpholine rings is 1. The first-order valence-corrected chi connectivity index (χ1v) is 12.9. The second kappa shape index (κ2) is 10.5. The van der Waals surface area contributed by atoms with E-state index in [1.165, 1.54) is 4.31 Å². The van der Waals surface area contributed by atoms with Crippen molar-refractivity contribution in [1.82, 2.24) is 19.1 Å². The minimum atomic E-state index is -3.61. The maximum atomic E-state index is 13.1.